The van der Waals surface area contributed by atoms with Gasteiger partial charge in [0.05, 0.1) is 10.9 Å². The molecule has 0 aliphatic rings. The molecule has 0 spiro atoms. The van der Waals surface area contributed by atoms with Crippen molar-refractivity contribution in [2.45, 2.75) is 0 Å². The molecule has 2 heterocycles. The van der Waals surface area contributed by atoms with E-state index in [2.05, 4.69) is 9.97 Å². The number of aromatic nitrogens is 2. The molecule has 0 saturated heterocycles. The maximum atomic E-state index is 11.3. The number of pyridine rings is 2. The summed E-state index contributed by atoms with van der Waals surface area (Å²) in [6, 6.07) is 1.47. The minimum Gasteiger partial charge on any atom is -0.506 e. The Balaban J connectivity index is 2.97. The maximum absolute atomic E-state index is 11.3. The van der Waals surface area contributed by atoms with Crippen molar-refractivity contribution in [3.63, 3.8) is 0 Å². The third kappa shape index (κ3) is 1.32. The van der Waals surface area contributed by atoms with Crippen molar-refractivity contribution in [1.29, 1.82) is 0 Å². The van der Waals surface area contributed by atoms with E-state index < -0.39 is 22.8 Å². The van der Waals surface area contributed by atoms with E-state index in [-0.39, 0.29) is 5.39 Å². The molecule has 3 N–H and O–H groups in total. The van der Waals surface area contributed by atoms with Crippen LogP contribution in [0.1, 0.15) is 10.4 Å². The summed E-state index contributed by atoms with van der Waals surface area (Å²) >= 11 is 0. The van der Waals surface area contributed by atoms with Crippen LogP contribution >= 0.6 is 0 Å². The molecule has 2 aromatic rings. The van der Waals surface area contributed by atoms with E-state index in [0.29, 0.717) is 5.52 Å². The summed E-state index contributed by atoms with van der Waals surface area (Å²) < 4.78 is 0. The Labute approximate surface area is 82.8 Å². The molecule has 15 heavy (non-hydrogen) atoms. The van der Waals surface area contributed by atoms with Crippen molar-refractivity contribution in [2.75, 3.05) is 0 Å². The summed E-state index contributed by atoms with van der Waals surface area (Å²) in [6.45, 7) is 0. The number of hydrogen-bond donors (Lipinski definition) is 3. The highest BCUT2D eigenvalue weighted by Crippen LogP contribution is 2.23. The standard InChI is InChI=1S/C9H6N2O4/c12-7-4-3-10-2-1-5(4)11-8(13)6(7)9(14)15/h1-3H,(H,14,15)(H2,11,12,13). The molecule has 76 valence electrons. The molecule has 0 aliphatic heterocycles. The lowest BCUT2D eigenvalue weighted by atomic mass is 10.2. The second-order valence-corrected chi connectivity index (χ2v) is 2.90. The van der Waals surface area contributed by atoms with Gasteiger partial charge in [-0.2, -0.15) is 0 Å². The molecule has 6 heteroatoms. The van der Waals surface area contributed by atoms with Crippen LogP contribution in [0.3, 0.4) is 0 Å². The molecule has 0 bridgehead atoms. The molecule has 6 nitrogen and oxygen atoms in total. The third-order valence-corrected chi connectivity index (χ3v) is 2.00. The minimum atomic E-state index is -1.47. The van der Waals surface area contributed by atoms with Gasteiger partial charge in [-0.15, -0.1) is 0 Å². The van der Waals surface area contributed by atoms with Crippen LogP contribution in [0.5, 0.6) is 5.75 Å². The zero-order valence-electron chi connectivity index (χ0n) is 7.39. The van der Waals surface area contributed by atoms with Gasteiger partial charge in [0.15, 0.2) is 5.56 Å². The molecule has 0 radical (unpaired) electrons. The van der Waals surface area contributed by atoms with Crippen LogP contribution in [-0.2, 0) is 0 Å². The lowest BCUT2D eigenvalue weighted by Crippen LogP contribution is -2.17. The van der Waals surface area contributed by atoms with Crippen molar-refractivity contribution in [3.8, 4) is 5.75 Å². The van der Waals surface area contributed by atoms with Gasteiger partial charge in [0.1, 0.15) is 5.75 Å². The largest absolute Gasteiger partial charge is 0.506 e. The third-order valence-electron chi connectivity index (χ3n) is 2.00. The number of hydrogen-bond acceptors (Lipinski definition) is 4. The number of aromatic amines is 1. The zero-order valence-corrected chi connectivity index (χ0v) is 7.39. The normalized spacial score (nSPS) is 10.4. The number of nitrogens with one attached hydrogen (secondary N) is 1. The number of carboxylic acids is 1. The first kappa shape index (κ1) is 9.20. The van der Waals surface area contributed by atoms with Crippen LogP contribution in [0, 0.1) is 0 Å². The average Bonchev–Trinajstić information content (AvgIpc) is 2.17. The zero-order chi connectivity index (χ0) is 11.0. The highest BCUT2D eigenvalue weighted by atomic mass is 16.4. The van der Waals surface area contributed by atoms with Gasteiger partial charge < -0.3 is 15.2 Å². The van der Waals surface area contributed by atoms with Gasteiger partial charge in [-0.25, -0.2) is 4.79 Å². The molecule has 0 fully saturated rings. The SMILES string of the molecule is O=C(O)c1c(O)c2cnccc2[nH]c1=O. The molecular formula is C9H6N2O4. The quantitative estimate of drug-likeness (QED) is 0.623. The van der Waals surface area contributed by atoms with E-state index in [9.17, 15) is 14.7 Å². The Morgan fingerprint density at radius 2 is 2.20 bits per heavy atom. The first-order chi connectivity index (χ1) is 7.11. The van der Waals surface area contributed by atoms with Gasteiger partial charge in [0.2, 0.25) is 0 Å². The average molecular weight is 206 g/mol. The fourth-order valence-electron chi connectivity index (χ4n) is 1.32. The van der Waals surface area contributed by atoms with Crippen molar-refractivity contribution >= 4 is 16.9 Å². The molecule has 2 rings (SSSR count). The fraction of sp³-hybridized carbons (Fsp3) is 0. The van der Waals surface area contributed by atoms with Gasteiger partial charge in [-0.3, -0.25) is 9.78 Å². The smallest absolute Gasteiger partial charge is 0.345 e. The number of carboxylic acid groups (broad SMARTS) is 1. The number of carbonyl (C=O) groups is 1. The number of rotatable bonds is 1. The number of aromatic hydroxyl groups is 1. The van der Waals surface area contributed by atoms with Gasteiger partial charge in [0.25, 0.3) is 5.56 Å². The Morgan fingerprint density at radius 1 is 1.47 bits per heavy atom. The number of aromatic carboxylic acids is 1. The highest BCUT2D eigenvalue weighted by Gasteiger charge is 2.17. The van der Waals surface area contributed by atoms with E-state index in [0.717, 1.165) is 0 Å². The Hall–Kier alpha value is -2.37. The van der Waals surface area contributed by atoms with E-state index in [1.165, 1.54) is 18.5 Å². The molecule has 0 amide bonds. The topological polar surface area (TPSA) is 103 Å². The van der Waals surface area contributed by atoms with E-state index in [1.54, 1.807) is 0 Å². The molecule has 0 saturated carbocycles. The van der Waals surface area contributed by atoms with Crippen LogP contribution in [0.2, 0.25) is 0 Å². The second-order valence-electron chi connectivity index (χ2n) is 2.90. The van der Waals surface area contributed by atoms with Crippen molar-refractivity contribution in [3.05, 3.63) is 34.4 Å². The van der Waals surface area contributed by atoms with Crippen molar-refractivity contribution < 1.29 is 15.0 Å². The minimum absolute atomic E-state index is 0.203. The predicted octanol–water partition coefficient (Wildman–Crippen LogP) is 0.327. The number of H-pyrrole nitrogens is 1. The Kier molecular flexibility index (Phi) is 1.89. The van der Waals surface area contributed by atoms with Gasteiger partial charge >= 0.3 is 5.97 Å². The molecule has 0 aliphatic carbocycles. The highest BCUT2D eigenvalue weighted by molar-refractivity contribution is 5.97. The predicted molar refractivity (Wildman–Crippen MR) is 51.0 cm³/mol. The summed E-state index contributed by atoms with van der Waals surface area (Å²) in [7, 11) is 0. The van der Waals surface area contributed by atoms with E-state index in [1.807, 2.05) is 0 Å². The summed E-state index contributed by atoms with van der Waals surface area (Å²) in [5.41, 5.74) is -1.16. The van der Waals surface area contributed by atoms with Crippen LogP contribution < -0.4 is 5.56 Å². The van der Waals surface area contributed by atoms with Gasteiger partial charge in [-0.05, 0) is 6.07 Å². The van der Waals surface area contributed by atoms with E-state index >= 15 is 0 Å². The fourth-order valence-corrected chi connectivity index (χ4v) is 1.32. The maximum Gasteiger partial charge on any atom is 0.345 e. The lowest BCUT2D eigenvalue weighted by molar-refractivity contribution is 0.0692. The van der Waals surface area contributed by atoms with Crippen molar-refractivity contribution in [1.82, 2.24) is 9.97 Å². The lowest BCUT2D eigenvalue weighted by Gasteiger charge is -2.02. The Morgan fingerprint density at radius 3 is 2.87 bits per heavy atom. The number of nitrogens with zero attached hydrogens (tertiary/aromatic N) is 1. The summed E-state index contributed by atoms with van der Waals surface area (Å²) in [5, 5.41) is 18.5. The molecule has 0 aromatic carbocycles. The monoisotopic (exact) mass is 206 g/mol. The van der Waals surface area contributed by atoms with Crippen LogP contribution in [0.25, 0.3) is 10.9 Å². The molecular weight excluding hydrogens is 200 g/mol. The summed E-state index contributed by atoms with van der Waals surface area (Å²) in [5.74, 6) is -2.03. The molecule has 2 aromatic heterocycles. The van der Waals surface area contributed by atoms with E-state index in [4.69, 9.17) is 5.11 Å². The van der Waals surface area contributed by atoms with Crippen LogP contribution in [-0.4, -0.2) is 26.2 Å². The van der Waals surface area contributed by atoms with Crippen molar-refractivity contribution in [2.24, 2.45) is 0 Å². The second kappa shape index (κ2) is 3.09. The molecule has 0 unspecified atom stereocenters. The van der Waals surface area contributed by atoms with Gasteiger partial charge in [-0.1, -0.05) is 0 Å². The summed E-state index contributed by atoms with van der Waals surface area (Å²) in [6.07, 6.45) is 2.71. The van der Waals surface area contributed by atoms with Crippen LogP contribution in [0.15, 0.2) is 23.3 Å². The van der Waals surface area contributed by atoms with Gasteiger partial charge in [0, 0.05) is 12.4 Å². The Bertz CT molecular complexity index is 603. The van der Waals surface area contributed by atoms with Crippen LogP contribution in [0.4, 0.5) is 0 Å². The first-order valence-electron chi connectivity index (χ1n) is 4.03. The first-order valence-corrected chi connectivity index (χ1v) is 4.03. The number of fused-ring (bicyclic) bond motifs is 1. The summed E-state index contributed by atoms with van der Waals surface area (Å²) in [4.78, 5) is 28.0. The molecule has 0 atom stereocenters.